The highest BCUT2D eigenvalue weighted by molar-refractivity contribution is 5.93. The van der Waals surface area contributed by atoms with E-state index < -0.39 is 17.2 Å². The highest BCUT2D eigenvalue weighted by atomic mass is 16.7. The fraction of sp³-hybridized carbons (Fsp3) is 0.318. The molecule has 1 fully saturated rings. The number of carbonyl (C=O) groups is 1. The maximum atomic E-state index is 13.1. The fourth-order valence-corrected chi connectivity index (χ4v) is 3.90. The fourth-order valence-electron chi connectivity index (χ4n) is 3.90. The molecule has 0 saturated carbocycles. The average molecular weight is 450 g/mol. The van der Waals surface area contributed by atoms with Crippen molar-refractivity contribution in [1.29, 1.82) is 0 Å². The summed E-state index contributed by atoms with van der Waals surface area (Å²) in [6, 6.07) is 8.99. The molecule has 11 nitrogen and oxygen atoms in total. The van der Waals surface area contributed by atoms with Crippen LogP contribution in [0.2, 0.25) is 0 Å². The molecule has 1 aromatic carbocycles. The van der Waals surface area contributed by atoms with Gasteiger partial charge >= 0.3 is 5.69 Å². The Labute approximate surface area is 188 Å². The Hall–Kier alpha value is -4.15. The van der Waals surface area contributed by atoms with Gasteiger partial charge in [0, 0.05) is 32.4 Å². The summed E-state index contributed by atoms with van der Waals surface area (Å²) in [5.41, 5.74) is 0.232. The van der Waals surface area contributed by atoms with Gasteiger partial charge in [-0.05, 0) is 36.8 Å². The predicted octanol–water partition coefficient (Wildman–Crippen LogP) is 0.374. The van der Waals surface area contributed by atoms with Gasteiger partial charge in [-0.25, -0.2) is 4.79 Å². The number of piperazine rings is 1. The molecule has 0 atom stereocenters. The van der Waals surface area contributed by atoms with Crippen molar-refractivity contribution in [2.24, 2.45) is 0 Å². The maximum absolute atomic E-state index is 13.1. The smallest absolute Gasteiger partial charge is 0.328 e. The molecule has 4 heterocycles. The summed E-state index contributed by atoms with van der Waals surface area (Å²) >= 11 is 0. The summed E-state index contributed by atoms with van der Waals surface area (Å²) in [7, 11) is 0. The Morgan fingerprint density at radius 1 is 1.03 bits per heavy atom. The zero-order valence-corrected chi connectivity index (χ0v) is 18.0. The number of hydrogen-bond donors (Lipinski definition) is 1. The van der Waals surface area contributed by atoms with E-state index in [0.29, 0.717) is 43.2 Å². The van der Waals surface area contributed by atoms with Crippen LogP contribution in [0.25, 0.3) is 0 Å². The SMILES string of the molecule is Cc1ccc(N2CCN(C(=O)c3c[nH]c(=O)n(Cc4ccc5c(c4)OCO5)c3=O)CC2)nn1. The second-order valence-corrected chi connectivity index (χ2v) is 7.90. The van der Waals surface area contributed by atoms with Crippen molar-refractivity contribution in [3.63, 3.8) is 0 Å². The molecular formula is C22H22N6O5. The number of amides is 1. The molecule has 5 rings (SSSR count). The van der Waals surface area contributed by atoms with E-state index in [9.17, 15) is 14.4 Å². The van der Waals surface area contributed by atoms with Crippen LogP contribution in [-0.2, 0) is 6.54 Å². The van der Waals surface area contributed by atoms with E-state index in [2.05, 4.69) is 15.2 Å². The second kappa shape index (κ2) is 8.41. The number of carbonyl (C=O) groups excluding carboxylic acids is 1. The van der Waals surface area contributed by atoms with Crippen molar-refractivity contribution >= 4 is 11.7 Å². The minimum Gasteiger partial charge on any atom is -0.454 e. The van der Waals surface area contributed by atoms with E-state index in [-0.39, 0.29) is 18.9 Å². The van der Waals surface area contributed by atoms with Crippen LogP contribution in [0.1, 0.15) is 21.6 Å². The van der Waals surface area contributed by atoms with E-state index in [1.807, 2.05) is 24.0 Å². The van der Waals surface area contributed by atoms with Crippen LogP contribution >= 0.6 is 0 Å². The van der Waals surface area contributed by atoms with Crippen LogP contribution in [0.4, 0.5) is 5.82 Å². The number of anilines is 1. The van der Waals surface area contributed by atoms with E-state index >= 15 is 0 Å². The predicted molar refractivity (Wildman–Crippen MR) is 118 cm³/mol. The molecule has 2 aromatic heterocycles. The minimum atomic E-state index is -0.631. The Balaban J connectivity index is 1.32. The van der Waals surface area contributed by atoms with Crippen LogP contribution in [-0.4, -0.2) is 63.5 Å². The standard InChI is InChI=1S/C22H22N6O5/c1-14-2-5-19(25-24-14)26-6-8-27(9-7-26)20(29)16-11-23-22(31)28(21(16)30)12-15-3-4-17-18(10-15)33-13-32-17/h2-5,10-11H,6-9,12-13H2,1H3,(H,23,31). The molecule has 0 radical (unpaired) electrons. The third kappa shape index (κ3) is 4.04. The summed E-state index contributed by atoms with van der Waals surface area (Å²) in [4.78, 5) is 44.7. The van der Waals surface area contributed by atoms with Gasteiger partial charge in [0.25, 0.3) is 11.5 Å². The zero-order chi connectivity index (χ0) is 22.9. The number of hydrogen-bond acceptors (Lipinski definition) is 8. The van der Waals surface area contributed by atoms with Gasteiger partial charge in [0.1, 0.15) is 5.56 Å². The number of rotatable bonds is 4. The monoisotopic (exact) mass is 450 g/mol. The first-order valence-corrected chi connectivity index (χ1v) is 10.6. The van der Waals surface area contributed by atoms with Crippen molar-refractivity contribution in [2.45, 2.75) is 13.5 Å². The first kappa shape index (κ1) is 20.7. The van der Waals surface area contributed by atoms with Gasteiger partial charge in [-0.3, -0.25) is 14.2 Å². The highest BCUT2D eigenvalue weighted by Gasteiger charge is 2.26. The molecule has 1 saturated heterocycles. The Morgan fingerprint density at radius 2 is 1.82 bits per heavy atom. The molecule has 170 valence electrons. The molecule has 1 amide bonds. The highest BCUT2D eigenvalue weighted by Crippen LogP contribution is 2.32. The lowest BCUT2D eigenvalue weighted by Gasteiger charge is -2.35. The Morgan fingerprint density at radius 3 is 2.58 bits per heavy atom. The van der Waals surface area contributed by atoms with Crippen molar-refractivity contribution in [2.75, 3.05) is 37.9 Å². The molecule has 0 spiro atoms. The van der Waals surface area contributed by atoms with E-state index in [1.54, 1.807) is 23.1 Å². The number of aryl methyl sites for hydroxylation is 1. The quantitative estimate of drug-likeness (QED) is 0.605. The number of aromatic amines is 1. The molecular weight excluding hydrogens is 428 g/mol. The summed E-state index contributed by atoms with van der Waals surface area (Å²) in [6.07, 6.45) is 1.20. The van der Waals surface area contributed by atoms with Crippen molar-refractivity contribution in [1.82, 2.24) is 24.6 Å². The number of H-pyrrole nitrogens is 1. The Bertz CT molecular complexity index is 1310. The van der Waals surface area contributed by atoms with Crippen LogP contribution in [0.15, 0.2) is 46.1 Å². The first-order chi connectivity index (χ1) is 16.0. The van der Waals surface area contributed by atoms with Crippen molar-refractivity contribution in [3.05, 3.63) is 74.2 Å². The van der Waals surface area contributed by atoms with Crippen LogP contribution in [0.5, 0.6) is 11.5 Å². The molecule has 2 aliphatic heterocycles. The van der Waals surface area contributed by atoms with Crippen molar-refractivity contribution < 1.29 is 14.3 Å². The number of fused-ring (bicyclic) bond motifs is 1. The van der Waals surface area contributed by atoms with E-state index in [0.717, 1.165) is 16.1 Å². The van der Waals surface area contributed by atoms with Gasteiger partial charge in [0.2, 0.25) is 6.79 Å². The van der Waals surface area contributed by atoms with Gasteiger partial charge in [-0.15, -0.1) is 5.10 Å². The largest absolute Gasteiger partial charge is 0.454 e. The molecule has 0 aliphatic carbocycles. The van der Waals surface area contributed by atoms with Crippen LogP contribution < -0.4 is 25.6 Å². The summed E-state index contributed by atoms with van der Waals surface area (Å²) in [6.45, 7) is 4.00. The number of benzene rings is 1. The van der Waals surface area contributed by atoms with E-state index in [4.69, 9.17) is 9.47 Å². The topological polar surface area (TPSA) is 123 Å². The Kier molecular flexibility index (Phi) is 5.29. The number of nitrogens with one attached hydrogen (secondary N) is 1. The number of aromatic nitrogens is 4. The lowest BCUT2D eigenvalue weighted by Crippen LogP contribution is -2.51. The molecule has 0 unspecified atom stereocenters. The molecule has 33 heavy (non-hydrogen) atoms. The second-order valence-electron chi connectivity index (χ2n) is 7.90. The van der Waals surface area contributed by atoms with Crippen molar-refractivity contribution in [3.8, 4) is 11.5 Å². The molecule has 11 heteroatoms. The van der Waals surface area contributed by atoms with Gasteiger partial charge in [0.05, 0.1) is 12.2 Å². The molecule has 3 aromatic rings. The molecule has 1 N–H and O–H groups in total. The normalized spacial score (nSPS) is 15.1. The summed E-state index contributed by atoms with van der Waals surface area (Å²) in [5.74, 6) is 1.51. The van der Waals surface area contributed by atoms with Gasteiger partial charge < -0.3 is 24.3 Å². The van der Waals surface area contributed by atoms with Crippen LogP contribution in [0, 0.1) is 6.92 Å². The third-order valence-corrected chi connectivity index (χ3v) is 5.74. The van der Waals surface area contributed by atoms with Gasteiger partial charge in [-0.2, -0.15) is 5.10 Å². The number of nitrogens with zero attached hydrogens (tertiary/aromatic N) is 5. The number of ether oxygens (including phenoxy) is 2. The van der Waals surface area contributed by atoms with E-state index in [1.165, 1.54) is 6.20 Å². The van der Waals surface area contributed by atoms with Gasteiger partial charge in [-0.1, -0.05) is 6.07 Å². The van der Waals surface area contributed by atoms with Crippen LogP contribution in [0.3, 0.4) is 0 Å². The summed E-state index contributed by atoms with van der Waals surface area (Å²) in [5, 5.41) is 8.26. The molecule has 0 bridgehead atoms. The van der Waals surface area contributed by atoms with Gasteiger partial charge in [0.15, 0.2) is 17.3 Å². The lowest BCUT2D eigenvalue weighted by atomic mass is 10.2. The zero-order valence-electron chi connectivity index (χ0n) is 18.0. The molecule has 2 aliphatic rings. The maximum Gasteiger partial charge on any atom is 0.328 e. The summed E-state index contributed by atoms with van der Waals surface area (Å²) < 4.78 is 11.7. The lowest BCUT2D eigenvalue weighted by molar-refractivity contribution is 0.0743. The minimum absolute atomic E-state index is 0.00575. The first-order valence-electron chi connectivity index (χ1n) is 10.6. The third-order valence-electron chi connectivity index (χ3n) is 5.74. The average Bonchev–Trinajstić information content (AvgIpc) is 3.30.